The molecule has 1 aliphatic carbocycles. The van der Waals surface area contributed by atoms with Crippen LogP contribution in [-0.4, -0.2) is 16.4 Å². The maximum Gasteiger partial charge on any atom is 0.240 e. The number of nitrogens with one attached hydrogen (secondary N) is 1. The lowest BCUT2D eigenvalue weighted by atomic mass is 9.75. The van der Waals surface area contributed by atoms with Gasteiger partial charge in [0.05, 0.1) is 12.2 Å². The molecule has 1 unspecified atom stereocenters. The highest BCUT2D eigenvalue weighted by molar-refractivity contribution is 7.09. The SMILES string of the molecule is CC(C)(C)c1csc(CNC(=O)C2(N)CCCC2(C)C)n1. The number of carbonyl (C=O) groups excluding carboxylic acids is 1. The number of thiazole rings is 1. The fourth-order valence-corrected chi connectivity index (χ4v) is 3.80. The standard InChI is InChI=1S/C16H27N3OS/c1-14(2,3)11-10-21-12(19-11)9-18-13(20)16(17)8-6-7-15(16,4)5/h10H,6-9,17H2,1-5H3,(H,18,20). The number of nitrogens with two attached hydrogens (primary N) is 1. The van der Waals surface area contributed by atoms with E-state index in [4.69, 9.17) is 5.73 Å². The average Bonchev–Trinajstić information content (AvgIpc) is 2.92. The van der Waals surface area contributed by atoms with Crippen LogP contribution in [0.3, 0.4) is 0 Å². The molecule has 5 heteroatoms. The number of aromatic nitrogens is 1. The third-order valence-corrected chi connectivity index (χ3v) is 5.55. The van der Waals surface area contributed by atoms with E-state index in [0.29, 0.717) is 6.54 Å². The number of hydrogen-bond acceptors (Lipinski definition) is 4. The predicted octanol–water partition coefficient (Wildman–Crippen LogP) is 2.96. The smallest absolute Gasteiger partial charge is 0.240 e. The van der Waals surface area contributed by atoms with Gasteiger partial charge in [0.25, 0.3) is 0 Å². The van der Waals surface area contributed by atoms with E-state index < -0.39 is 5.54 Å². The molecule has 1 aromatic heterocycles. The van der Waals surface area contributed by atoms with Crippen LogP contribution in [0, 0.1) is 5.41 Å². The summed E-state index contributed by atoms with van der Waals surface area (Å²) in [5, 5.41) is 5.99. The molecular weight excluding hydrogens is 282 g/mol. The maximum atomic E-state index is 12.5. The fraction of sp³-hybridized carbons (Fsp3) is 0.750. The van der Waals surface area contributed by atoms with Crippen molar-refractivity contribution in [2.24, 2.45) is 11.1 Å². The number of amides is 1. The normalized spacial score (nSPS) is 25.0. The van der Waals surface area contributed by atoms with Crippen LogP contribution in [0.15, 0.2) is 5.38 Å². The second-order valence-corrected chi connectivity index (χ2v) is 8.71. The van der Waals surface area contributed by atoms with E-state index in [1.165, 1.54) is 0 Å². The number of nitrogens with zero attached hydrogens (tertiary/aromatic N) is 1. The Kier molecular flexibility index (Phi) is 4.19. The van der Waals surface area contributed by atoms with Gasteiger partial charge in [-0.25, -0.2) is 4.98 Å². The Balaban J connectivity index is 2.00. The van der Waals surface area contributed by atoms with Crippen LogP contribution in [0.1, 0.15) is 64.6 Å². The molecule has 21 heavy (non-hydrogen) atoms. The highest BCUT2D eigenvalue weighted by Crippen LogP contribution is 2.44. The highest BCUT2D eigenvalue weighted by atomic mass is 32.1. The van der Waals surface area contributed by atoms with Gasteiger partial charge in [0.15, 0.2) is 0 Å². The molecule has 4 nitrogen and oxygen atoms in total. The molecule has 0 bridgehead atoms. The molecule has 2 rings (SSSR count). The van der Waals surface area contributed by atoms with Crippen LogP contribution < -0.4 is 11.1 Å². The molecule has 0 aromatic carbocycles. The minimum Gasteiger partial charge on any atom is -0.348 e. The summed E-state index contributed by atoms with van der Waals surface area (Å²) in [4.78, 5) is 17.1. The quantitative estimate of drug-likeness (QED) is 0.902. The van der Waals surface area contributed by atoms with Gasteiger partial charge in [0.2, 0.25) is 5.91 Å². The van der Waals surface area contributed by atoms with Gasteiger partial charge in [-0.3, -0.25) is 4.79 Å². The molecule has 118 valence electrons. The van der Waals surface area contributed by atoms with E-state index >= 15 is 0 Å². The van der Waals surface area contributed by atoms with Gasteiger partial charge in [-0.1, -0.05) is 41.0 Å². The topological polar surface area (TPSA) is 68.0 Å². The van der Waals surface area contributed by atoms with E-state index in [-0.39, 0.29) is 16.7 Å². The van der Waals surface area contributed by atoms with Crippen molar-refractivity contribution >= 4 is 17.2 Å². The lowest BCUT2D eigenvalue weighted by molar-refractivity contribution is -0.129. The second kappa shape index (κ2) is 5.36. The van der Waals surface area contributed by atoms with Gasteiger partial charge in [0.1, 0.15) is 10.5 Å². The third-order valence-electron chi connectivity index (χ3n) is 4.71. The minimum atomic E-state index is -0.753. The first-order chi connectivity index (χ1) is 9.56. The molecule has 0 spiro atoms. The van der Waals surface area contributed by atoms with Gasteiger partial charge in [-0.05, 0) is 18.3 Å². The van der Waals surface area contributed by atoms with Crippen LogP contribution in [0.5, 0.6) is 0 Å². The van der Waals surface area contributed by atoms with Crippen molar-refractivity contribution in [2.75, 3.05) is 0 Å². The number of carbonyl (C=O) groups is 1. The number of rotatable bonds is 3. The largest absolute Gasteiger partial charge is 0.348 e. The molecule has 3 N–H and O–H groups in total. The van der Waals surface area contributed by atoms with Crippen molar-refractivity contribution in [3.05, 3.63) is 16.1 Å². The Bertz CT molecular complexity index is 530. The molecule has 0 saturated heterocycles. The fourth-order valence-electron chi connectivity index (χ4n) is 2.84. The lowest BCUT2D eigenvalue weighted by Crippen LogP contribution is -2.59. The van der Waals surface area contributed by atoms with Gasteiger partial charge >= 0.3 is 0 Å². The first-order valence-corrected chi connectivity index (χ1v) is 8.46. The Morgan fingerprint density at radius 1 is 1.43 bits per heavy atom. The highest BCUT2D eigenvalue weighted by Gasteiger charge is 2.51. The van der Waals surface area contributed by atoms with Gasteiger partial charge < -0.3 is 11.1 Å². The van der Waals surface area contributed by atoms with Crippen molar-refractivity contribution in [1.29, 1.82) is 0 Å². The average molecular weight is 309 g/mol. The Hall–Kier alpha value is -0.940. The monoisotopic (exact) mass is 309 g/mol. The summed E-state index contributed by atoms with van der Waals surface area (Å²) in [6.45, 7) is 11.1. The minimum absolute atomic E-state index is 0.0429. The lowest BCUT2D eigenvalue weighted by Gasteiger charge is -2.36. The molecule has 1 heterocycles. The molecule has 1 saturated carbocycles. The molecule has 1 fully saturated rings. The van der Waals surface area contributed by atoms with Crippen LogP contribution >= 0.6 is 11.3 Å². The zero-order valence-corrected chi connectivity index (χ0v) is 14.6. The Morgan fingerprint density at radius 2 is 2.10 bits per heavy atom. The summed E-state index contributed by atoms with van der Waals surface area (Å²) >= 11 is 1.59. The third kappa shape index (κ3) is 3.14. The second-order valence-electron chi connectivity index (χ2n) is 7.77. The first-order valence-electron chi connectivity index (χ1n) is 7.58. The molecule has 1 aliphatic rings. The van der Waals surface area contributed by atoms with Crippen LogP contribution in [0.25, 0.3) is 0 Å². The van der Waals surface area contributed by atoms with Gasteiger partial charge in [0, 0.05) is 10.8 Å². The maximum absolute atomic E-state index is 12.5. The van der Waals surface area contributed by atoms with Gasteiger partial charge in [-0.15, -0.1) is 11.3 Å². The van der Waals surface area contributed by atoms with Crippen molar-refractivity contribution in [1.82, 2.24) is 10.3 Å². The molecule has 0 aliphatic heterocycles. The van der Waals surface area contributed by atoms with E-state index in [1.807, 2.05) is 0 Å². The van der Waals surface area contributed by atoms with Crippen LogP contribution in [0.2, 0.25) is 0 Å². The van der Waals surface area contributed by atoms with Gasteiger partial charge in [-0.2, -0.15) is 0 Å². The molecule has 1 aromatic rings. The summed E-state index contributed by atoms with van der Waals surface area (Å²) in [5.74, 6) is -0.0440. The summed E-state index contributed by atoms with van der Waals surface area (Å²) in [7, 11) is 0. The van der Waals surface area contributed by atoms with E-state index in [2.05, 4.69) is 50.3 Å². The predicted molar refractivity (Wildman–Crippen MR) is 87.2 cm³/mol. The summed E-state index contributed by atoms with van der Waals surface area (Å²) in [6, 6.07) is 0. The summed E-state index contributed by atoms with van der Waals surface area (Å²) in [6.07, 6.45) is 2.78. The van der Waals surface area contributed by atoms with Crippen LogP contribution in [-0.2, 0) is 16.8 Å². The van der Waals surface area contributed by atoms with Crippen LogP contribution in [0.4, 0.5) is 0 Å². The first kappa shape index (κ1) is 16.4. The summed E-state index contributed by atoms with van der Waals surface area (Å²) in [5.41, 5.74) is 6.61. The zero-order valence-electron chi connectivity index (χ0n) is 13.7. The van der Waals surface area contributed by atoms with Crippen molar-refractivity contribution in [3.8, 4) is 0 Å². The number of hydrogen-bond donors (Lipinski definition) is 2. The molecule has 1 atom stereocenters. The van der Waals surface area contributed by atoms with Crippen molar-refractivity contribution in [3.63, 3.8) is 0 Å². The van der Waals surface area contributed by atoms with E-state index in [9.17, 15) is 4.79 Å². The molecule has 1 amide bonds. The van der Waals surface area contributed by atoms with Crippen molar-refractivity contribution in [2.45, 2.75) is 71.4 Å². The zero-order chi connectivity index (χ0) is 15.9. The summed E-state index contributed by atoms with van der Waals surface area (Å²) < 4.78 is 0. The molecular formula is C16H27N3OS. The Morgan fingerprint density at radius 3 is 2.57 bits per heavy atom. The Labute approximate surface area is 131 Å². The molecule has 0 radical (unpaired) electrons. The van der Waals surface area contributed by atoms with E-state index in [0.717, 1.165) is 30.0 Å². The van der Waals surface area contributed by atoms with E-state index in [1.54, 1.807) is 11.3 Å². The van der Waals surface area contributed by atoms with Crippen molar-refractivity contribution < 1.29 is 4.79 Å².